The molecule has 1 aliphatic heterocycles. The van der Waals surface area contributed by atoms with Crippen LogP contribution in [0.25, 0.3) is 0 Å². The van der Waals surface area contributed by atoms with Crippen molar-refractivity contribution in [2.75, 3.05) is 7.11 Å². The van der Waals surface area contributed by atoms with Crippen LogP contribution in [0.4, 0.5) is 0 Å². The molecule has 0 bridgehead atoms. The van der Waals surface area contributed by atoms with Gasteiger partial charge in [-0.1, -0.05) is 6.92 Å². The van der Waals surface area contributed by atoms with Gasteiger partial charge < -0.3 is 19.7 Å². The first-order valence-electron chi connectivity index (χ1n) is 4.12. The van der Waals surface area contributed by atoms with E-state index >= 15 is 0 Å². The molecule has 1 rings (SSSR count). The Bertz CT molecular complexity index is 145. The van der Waals surface area contributed by atoms with Crippen LogP contribution < -0.4 is 0 Å². The smallest absolute Gasteiger partial charge is 0.185 e. The van der Waals surface area contributed by atoms with E-state index in [1.807, 2.05) is 13.8 Å². The number of aliphatic hydroxyl groups is 2. The highest BCUT2D eigenvalue weighted by Gasteiger charge is 2.40. The normalized spacial score (nSPS) is 49.2. The highest BCUT2D eigenvalue weighted by molar-refractivity contribution is 4.84. The molecule has 0 aromatic carbocycles. The number of methoxy groups -OCH3 is 1. The molecule has 0 aromatic heterocycles. The van der Waals surface area contributed by atoms with Crippen molar-refractivity contribution in [3.05, 3.63) is 0 Å². The van der Waals surface area contributed by atoms with Gasteiger partial charge in [0.2, 0.25) is 0 Å². The molecule has 0 spiro atoms. The average molecular weight is 176 g/mol. The summed E-state index contributed by atoms with van der Waals surface area (Å²) in [6, 6.07) is 0. The first kappa shape index (κ1) is 9.92. The predicted octanol–water partition coefficient (Wildman–Crippen LogP) is -0.264. The van der Waals surface area contributed by atoms with Crippen molar-refractivity contribution in [3.63, 3.8) is 0 Å². The van der Waals surface area contributed by atoms with Crippen molar-refractivity contribution < 1.29 is 19.7 Å². The fourth-order valence-electron chi connectivity index (χ4n) is 1.36. The molecule has 0 aliphatic carbocycles. The fraction of sp³-hybridized carbons (Fsp3) is 1.00. The molecule has 1 aliphatic rings. The van der Waals surface area contributed by atoms with Crippen LogP contribution in [0.3, 0.4) is 0 Å². The molecule has 0 radical (unpaired) electrons. The van der Waals surface area contributed by atoms with Crippen molar-refractivity contribution >= 4 is 0 Å². The van der Waals surface area contributed by atoms with E-state index in [4.69, 9.17) is 9.47 Å². The van der Waals surface area contributed by atoms with Gasteiger partial charge in [-0.25, -0.2) is 0 Å². The van der Waals surface area contributed by atoms with Crippen LogP contribution in [0.15, 0.2) is 0 Å². The maximum Gasteiger partial charge on any atom is 0.185 e. The minimum Gasteiger partial charge on any atom is -0.390 e. The molecule has 4 nitrogen and oxygen atoms in total. The van der Waals surface area contributed by atoms with Gasteiger partial charge in [-0.2, -0.15) is 0 Å². The minimum atomic E-state index is -0.943. The van der Waals surface area contributed by atoms with E-state index in [0.717, 1.165) is 0 Å². The molecular formula is C8H16O4. The summed E-state index contributed by atoms with van der Waals surface area (Å²) in [6.07, 6.45) is -2.50. The Morgan fingerprint density at radius 2 is 1.75 bits per heavy atom. The summed E-state index contributed by atoms with van der Waals surface area (Å²) in [5.74, 6) is -0.0635. The Morgan fingerprint density at radius 3 is 2.25 bits per heavy atom. The van der Waals surface area contributed by atoms with Crippen LogP contribution in [0.1, 0.15) is 13.8 Å². The molecule has 2 N–H and O–H groups in total. The second-order valence-electron chi connectivity index (χ2n) is 3.29. The molecule has 12 heavy (non-hydrogen) atoms. The van der Waals surface area contributed by atoms with E-state index in [-0.39, 0.29) is 12.0 Å². The van der Waals surface area contributed by atoms with Crippen molar-refractivity contribution in [1.29, 1.82) is 0 Å². The molecule has 1 saturated heterocycles. The summed E-state index contributed by atoms with van der Waals surface area (Å²) in [7, 11) is 1.45. The van der Waals surface area contributed by atoms with Gasteiger partial charge in [0, 0.05) is 13.0 Å². The lowest BCUT2D eigenvalue weighted by Gasteiger charge is -2.39. The Labute approximate surface area is 72.1 Å². The molecule has 1 fully saturated rings. The second-order valence-corrected chi connectivity index (χ2v) is 3.29. The molecule has 0 amide bonds. The van der Waals surface area contributed by atoms with E-state index in [1.54, 1.807) is 0 Å². The van der Waals surface area contributed by atoms with Gasteiger partial charge in [-0.05, 0) is 6.92 Å². The number of hydrogen-bond acceptors (Lipinski definition) is 4. The average Bonchev–Trinajstić information content (AvgIpc) is 2.08. The Hall–Kier alpha value is -0.160. The van der Waals surface area contributed by atoms with Crippen LogP contribution in [0.5, 0.6) is 0 Å². The summed E-state index contributed by atoms with van der Waals surface area (Å²) in [5.41, 5.74) is 0. The second kappa shape index (κ2) is 3.70. The molecule has 0 saturated carbocycles. The third kappa shape index (κ3) is 1.61. The molecule has 5 atom stereocenters. The third-order valence-corrected chi connectivity index (χ3v) is 2.49. The first-order valence-corrected chi connectivity index (χ1v) is 4.12. The van der Waals surface area contributed by atoms with Crippen molar-refractivity contribution in [2.45, 2.75) is 38.4 Å². The quantitative estimate of drug-likeness (QED) is 0.577. The molecule has 1 heterocycles. The zero-order valence-corrected chi connectivity index (χ0v) is 7.60. The number of aliphatic hydroxyl groups excluding tert-OH is 2. The van der Waals surface area contributed by atoms with Crippen molar-refractivity contribution in [1.82, 2.24) is 0 Å². The van der Waals surface area contributed by atoms with Gasteiger partial charge in [-0.15, -0.1) is 0 Å². The van der Waals surface area contributed by atoms with Crippen LogP contribution in [-0.4, -0.2) is 41.9 Å². The zero-order chi connectivity index (χ0) is 9.30. The number of ether oxygens (including phenoxy) is 2. The Kier molecular flexibility index (Phi) is 3.06. The number of hydrogen-bond donors (Lipinski definition) is 2. The molecule has 0 aromatic rings. The standard InChI is InChI=1S/C8H16O4/c1-4-5(2)12-8(11-3)7(10)6(4)9/h4-10H,1-3H3/t4-,5?,6+,7?,8+/m0/s1. The van der Waals surface area contributed by atoms with E-state index in [2.05, 4.69) is 0 Å². The SMILES string of the molecule is CO[C@@H]1OC(C)[C@H](C)[C@@H](O)C1O. The maximum absolute atomic E-state index is 9.51. The van der Waals surface area contributed by atoms with E-state index in [9.17, 15) is 10.2 Å². The van der Waals surface area contributed by atoms with Gasteiger partial charge in [-0.3, -0.25) is 0 Å². The monoisotopic (exact) mass is 176 g/mol. The third-order valence-electron chi connectivity index (χ3n) is 2.49. The Balaban J connectivity index is 2.63. The molecular weight excluding hydrogens is 160 g/mol. The van der Waals surface area contributed by atoms with Crippen molar-refractivity contribution in [2.24, 2.45) is 5.92 Å². The molecule has 2 unspecified atom stereocenters. The zero-order valence-electron chi connectivity index (χ0n) is 7.60. The van der Waals surface area contributed by atoms with Gasteiger partial charge in [0.25, 0.3) is 0 Å². The van der Waals surface area contributed by atoms with Gasteiger partial charge in [0.15, 0.2) is 6.29 Å². The van der Waals surface area contributed by atoms with Gasteiger partial charge in [0.05, 0.1) is 12.2 Å². The van der Waals surface area contributed by atoms with Crippen LogP contribution in [0, 0.1) is 5.92 Å². The fourth-order valence-corrected chi connectivity index (χ4v) is 1.36. The lowest BCUT2D eigenvalue weighted by Crippen LogP contribution is -2.53. The van der Waals surface area contributed by atoms with Gasteiger partial charge in [0.1, 0.15) is 6.10 Å². The van der Waals surface area contributed by atoms with E-state index < -0.39 is 18.5 Å². The lowest BCUT2D eigenvalue weighted by atomic mass is 9.92. The highest BCUT2D eigenvalue weighted by atomic mass is 16.7. The summed E-state index contributed by atoms with van der Waals surface area (Å²) < 4.78 is 10.2. The summed E-state index contributed by atoms with van der Waals surface area (Å²) in [6.45, 7) is 3.69. The summed E-state index contributed by atoms with van der Waals surface area (Å²) >= 11 is 0. The van der Waals surface area contributed by atoms with Crippen molar-refractivity contribution in [3.8, 4) is 0 Å². The van der Waals surface area contributed by atoms with Gasteiger partial charge >= 0.3 is 0 Å². The lowest BCUT2D eigenvalue weighted by molar-refractivity contribution is -0.271. The van der Waals surface area contributed by atoms with Crippen LogP contribution in [-0.2, 0) is 9.47 Å². The first-order chi connectivity index (χ1) is 5.57. The largest absolute Gasteiger partial charge is 0.390 e. The van der Waals surface area contributed by atoms with Crippen LogP contribution >= 0.6 is 0 Å². The topological polar surface area (TPSA) is 58.9 Å². The predicted molar refractivity (Wildman–Crippen MR) is 42.5 cm³/mol. The van der Waals surface area contributed by atoms with E-state index in [1.165, 1.54) is 7.11 Å². The summed E-state index contributed by atoms with van der Waals surface area (Å²) in [5, 5.41) is 18.9. The maximum atomic E-state index is 9.51. The Morgan fingerprint density at radius 1 is 1.17 bits per heavy atom. The molecule has 4 heteroatoms. The number of rotatable bonds is 1. The van der Waals surface area contributed by atoms with E-state index in [0.29, 0.717) is 0 Å². The summed E-state index contributed by atoms with van der Waals surface area (Å²) in [4.78, 5) is 0. The molecule has 72 valence electrons. The minimum absolute atomic E-state index is 0.0635. The highest BCUT2D eigenvalue weighted by Crippen LogP contribution is 2.25. The van der Waals surface area contributed by atoms with Crippen LogP contribution in [0.2, 0.25) is 0 Å².